The van der Waals surface area contributed by atoms with Gasteiger partial charge in [-0.25, -0.2) is 0 Å². The predicted molar refractivity (Wildman–Crippen MR) is 117 cm³/mol. The van der Waals surface area contributed by atoms with Crippen LogP contribution in [0.2, 0.25) is 0 Å². The highest BCUT2D eigenvalue weighted by atomic mass is 16.5. The van der Waals surface area contributed by atoms with Crippen molar-refractivity contribution in [3.63, 3.8) is 0 Å². The lowest BCUT2D eigenvalue weighted by Gasteiger charge is -2.22. The normalized spacial score (nSPS) is 10.6. The molecule has 0 atom stereocenters. The van der Waals surface area contributed by atoms with E-state index in [1.807, 2.05) is 72.8 Å². The van der Waals surface area contributed by atoms with Gasteiger partial charge in [-0.05, 0) is 28.8 Å². The van der Waals surface area contributed by atoms with Gasteiger partial charge >= 0.3 is 0 Å². The van der Waals surface area contributed by atoms with Gasteiger partial charge in [0.1, 0.15) is 12.7 Å². The first-order valence-corrected chi connectivity index (χ1v) is 9.85. The quantitative estimate of drug-likeness (QED) is 0.623. The molecule has 5 heteroatoms. The van der Waals surface area contributed by atoms with Crippen molar-refractivity contribution in [2.75, 3.05) is 20.7 Å². The summed E-state index contributed by atoms with van der Waals surface area (Å²) in [5.74, 6) is -0.241. The van der Waals surface area contributed by atoms with Crippen LogP contribution in [0.1, 0.15) is 33.2 Å². The third-order valence-corrected chi connectivity index (χ3v) is 4.87. The summed E-state index contributed by atoms with van der Waals surface area (Å²) in [5, 5.41) is 2.59. The third-order valence-electron chi connectivity index (χ3n) is 4.87. The largest absolute Gasteiger partial charge is 0.359 e. The lowest BCUT2D eigenvalue weighted by molar-refractivity contribution is -0.136. The Hall–Kier alpha value is -3.44. The molecule has 0 saturated carbocycles. The molecule has 0 aliphatic carbocycles. The molecule has 0 saturated heterocycles. The summed E-state index contributed by atoms with van der Waals surface area (Å²) >= 11 is 0. The van der Waals surface area contributed by atoms with Crippen LogP contribution in [0, 0.1) is 0 Å². The van der Waals surface area contributed by atoms with E-state index in [1.165, 1.54) is 0 Å². The number of benzene rings is 3. The summed E-state index contributed by atoms with van der Waals surface area (Å²) in [4.78, 5) is 25.9. The topological polar surface area (TPSA) is 58.6 Å². The highest BCUT2D eigenvalue weighted by Gasteiger charge is 2.18. The van der Waals surface area contributed by atoms with Gasteiger partial charge in [0.2, 0.25) is 5.91 Å². The Morgan fingerprint density at radius 3 is 1.90 bits per heavy atom. The van der Waals surface area contributed by atoms with Gasteiger partial charge in [0.05, 0.1) is 0 Å². The van der Waals surface area contributed by atoms with E-state index in [0.29, 0.717) is 12.1 Å². The van der Waals surface area contributed by atoms with Crippen LogP contribution in [0.4, 0.5) is 0 Å². The second-order valence-corrected chi connectivity index (χ2v) is 7.04. The predicted octanol–water partition coefficient (Wildman–Crippen LogP) is 3.81. The second kappa shape index (κ2) is 10.4. The van der Waals surface area contributed by atoms with Crippen molar-refractivity contribution in [2.45, 2.75) is 12.6 Å². The Morgan fingerprint density at radius 1 is 0.867 bits per heavy atom. The summed E-state index contributed by atoms with van der Waals surface area (Å²) in [7, 11) is 3.35. The molecule has 154 valence electrons. The molecule has 0 bridgehead atoms. The highest BCUT2D eigenvalue weighted by molar-refractivity contribution is 5.93. The van der Waals surface area contributed by atoms with E-state index in [1.54, 1.807) is 31.1 Å². The summed E-state index contributed by atoms with van der Waals surface area (Å²) in [6.45, 7) is 0.416. The van der Waals surface area contributed by atoms with Crippen molar-refractivity contribution in [2.24, 2.45) is 0 Å². The van der Waals surface area contributed by atoms with Gasteiger partial charge in [-0.2, -0.15) is 0 Å². The SMILES string of the molecule is CNC(=O)c1ccc(CN(C)C(=O)COC(c2ccccc2)c2ccccc2)cc1. The maximum absolute atomic E-state index is 12.7. The van der Waals surface area contributed by atoms with Gasteiger partial charge in [-0.15, -0.1) is 0 Å². The Morgan fingerprint density at radius 2 is 1.40 bits per heavy atom. The zero-order chi connectivity index (χ0) is 21.3. The first-order chi connectivity index (χ1) is 14.6. The van der Waals surface area contributed by atoms with Crippen molar-refractivity contribution < 1.29 is 14.3 Å². The van der Waals surface area contributed by atoms with Crippen LogP contribution >= 0.6 is 0 Å². The lowest BCUT2D eigenvalue weighted by Crippen LogP contribution is -2.30. The molecule has 3 aromatic rings. The van der Waals surface area contributed by atoms with Gasteiger partial charge in [0.25, 0.3) is 5.91 Å². The second-order valence-electron chi connectivity index (χ2n) is 7.04. The number of nitrogens with zero attached hydrogens (tertiary/aromatic N) is 1. The number of hydrogen-bond donors (Lipinski definition) is 1. The van der Waals surface area contributed by atoms with Crippen molar-refractivity contribution in [1.82, 2.24) is 10.2 Å². The Kier molecular flexibility index (Phi) is 7.35. The number of ether oxygens (including phenoxy) is 1. The molecule has 30 heavy (non-hydrogen) atoms. The fraction of sp³-hybridized carbons (Fsp3) is 0.200. The zero-order valence-electron chi connectivity index (χ0n) is 17.2. The summed E-state index contributed by atoms with van der Waals surface area (Å²) < 4.78 is 6.06. The Balaban J connectivity index is 1.63. The maximum atomic E-state index is 12.7. The van der Waals surface area contributed by atoms with Crippen LogP contribution in [0.5, 0.6) is 0 Å². The number of amides is 2. The van der Waals surface area contributed by atoms with Crippen LogP contribution in [-0.2, 0) is 16.1 Å². The minimum atomic E-state index is -0.309. The molecule has 0 fully saturated rings. The third kappa shape index (κ3) is 5.55. The van der Waals surface area contributed by atoms with Gasteiger partial charge in [-0.3, -0.25) is 9.59 Å². The Labute approximate surface area is 177 Å². The molecule has 3 aromatic carbocycles. The molecule has 5 nitrogen and oxygen atoms in total. The molecule has 0 heterocycles. The molecule has 0 aliphatic rings. The van der Waals surface area contributed by atoms with Crippen molar-refractivity contribution in [3.05, 3.63) is 107 Å². The van der Waals surface area contributed by atoms with Crippen LogP contribution in [0.15, 0.2) is 84.9 Å². The molecular weight excluding hydrogens is 376 g/mol. The monoisotopic (exact) mass is 402 g/mol. The molecule has 2 amide bonds. The molecule has 1 N–H and O–H groups in total. The van der Waals surface area contributed by atoms with E-state index >= 15 is 0 Å². The molecule has 0 aromatic heterocycles. The van der Waals surface area contributed by atoms with Crippen LogP contribution in [0.25, 0.3) is 0 Å². The maximum Gasteiger partial charge on any atom is 0.251 e. The number of rotatable bonds is 8. The van der Waals surface area contributed by atoms with Crippen LogP contribution < -0.4 is 5.32 Å². The van der Waals surface area contributed by atoms with E-state index in [-0.39, 0.29) is 24.5 Å². The van der Waals surface area contributed by atoms with E-state index in [2.05, 4.69) is 5.32 Å². The van der Waals surface area contributed by atoms with Crippen molar-refractivity contribution in [1.29, 1.82) is 0 Å². The number of carbonyl (C=O) groups is 2. The van der Waals surface area contributed by atoms with Gasteiger partial charge < -0.3 is 15.0 Å². The zero-order valence-corrected chi connectivity index (χ0v) is 17.2. The highest BCUT2D eigenvalue weighted by Crippen LogP contribution is 2.25. The van der Waals surface area contributed by atoms with Gasteiger partial charge in [0.15, 0.2) is 0 Å². The first kappa shape index (κ1) is 21.3. The van der Waals surface area contributed by atoms with Gasteiger partial charge in [-0.1, -0.05) is 72.8 Å². The summed E-state index contributed by atoms with van der Waals surface area (Å²) in [6, 6.07) is 27.0. The van der Waals surface area contributed by atoms with E-state index in [4.69, 9.17) is 4.74 Å². The standard InChI is InChI=1S/C25H26N2O3/c1-26-25(29)22-15-13-19(14-16-22)17-27(2)23(28)18-30-24(20-9-5-3-6-10-20)21-11-7-4-8-12-21/h3-16,24H,17-18H2,1-2H3,(H,26,29). The number of carbonyl (C=O) groups excluding carboxylic acids is 2. The molecule has 0 spiro atoms. The van der Waals surface area contributed by atoms with Crippen LogP contribution in [-0.4, -0.2) is 37.4 Å². The summed E-state index contributed by atoms with van der Waals surface area (Å²) in [6.07, 6.45) is -0.309. The average Bonchev–Trinajstić information content (AvgIpc) is 2.80. The smallest absolute Gasteiger partial charge is 0.251 e. The van der Waals surface area contributed by atoms with Crippen LogP contribution in [0.3, 0.4) is 0 Å². The van der Waals surface area contributed by atoms with E-state index < -0.39 is 0 Å². The Bertz CT molecular complexity index is 917. The fourth-order valence-corrected chi connectivity index (χ4v) is 3.17. The first-order valence-electron chi connectivity index (χ1n) is 9.85. The molecule has 3 rings (SSSR count). The minimum absolute atomic E-state index is 0.0265. The minimum Gasteiger partial charge on any atom is -0.359 e. The average molecular weight is 402 g/mol. The van der Waals surface area contributed by atoms with E-state index in [9.17, 15) is 9.59 Å². The number of likely N-dealkylation sites (N-methyl/N-ethyl adjacent to an activating group) is 1. The lowest BCUT2D eigenvalue weighted by atomic mass is 10.0. The summed E-state index contributed by atoms with van der Waals surface area (Å²) in [5.41, 5.74) is 3.54. The molecule has 0 aliphatic heterocycles. The molecule has 0 radical (unpaired) electrons. The number of hydrogen-bond acceptors (Lipinski definition) is 3. The van der Waals surface area contributed by atoms with Gasteiger partial charge in [0, 0.05) is 26.2 Å². The number of nitrogens with one attached hydrogen (secondary N) is 1. The van der Waals surface area contributed by atoms with E-state index in [0.717, 1.165) is 16.7 Å². The molecular formula is C25H26N2O3. The fourth-order valence-electron chi connectivity index (χ4n) is 3.17. The molecule has 0 unspecified atom stereocenters. The van der Waals surface area contributed by atoms with Crippen molar-refractivity contribution in [3.8, 4) is 0 Å². The van der Waals surface area contributed by atoms with Crippen molar-refractivity contribution >= 4 is 11.8 Å².